The number of nitrogens with two attached hydrogens (primary N) is 2. The van der Waals surface area contributed by atoms with E-state index in [0.717, 1.165) is 11.3 Å². The second-order valence-corrected chi connectivity index (χ2v) is 4.59. The van der Waals surface area contributed by atoms with E-state index in [1.807, 2.05) is 42.5 Å². The van der Waals surface area contributed by atoms with Gasteiger partial charge in [0.2, 0.25) is 0 Å². The van der Waals surface area contributed by atoms with Crippen molar-refractivity contribution >= 4 is 17.6 Å². The molecule has 0 bridgehead atoms. The molecule has 2 rings (SSSR count). The van der Waals surface area contributed by atoms with Crippen LogP contribution in [0.1, 0.15) is 5.56 Å². The lowest BCUT2D eigenvalue weighted by atomic mass is 10.2. The van der Waals surface area contributed by atoms with E-state index < -0.39 is 5.91 Å². The van der Waals surface area contributed by atoms with Crippen LogP contribution in [0.25, 0.3) is 0 Å². The summed E-state index contributed by atoms with van der Waals surface area (Å²) in [6.07, 6.45) is 0. The van der Waals surface area contributed by atoms with Crippen LogP contribution < -0.4 is 21.5 Å². The van der Waals surface area contributed by atoms with Gasteiger partial charge < -0.3 is 21.5 Å². The maximum absolute atomic E-state index is 10.7. The smallest absolute Gasteiger partial charge is 0.255 e. The number of hydrogen-bond acceptors (Lipinski definition) is 3. The number of carbonyl (C=O) groups is 1. The highest BCUT2D eigenvalue weighted by atomic mass is 16.5. The Morgan fingerprint density at radius 3 is 2.59 bits per heavy atom. The van der Waals surface area contributed by atoms with Gasteiger partial charge in [0, 0.05) is 5.69 Å². The molecular formula is C16H18N4O2. The highest BCUT2D eigenvalue weighted by Crippen LogP contribution is 2.14. The highest BCUT2D eigenvalue weighted by molar-refractivity contribution is 5.92. The minimum absolute atomic E-state index is 0.148. The van der Waals surface area contributed by atoms with E-state index in [9.17, 15) is 4.79 Å². The molecule has 0 saturated heterocycles. The van der Waals surface area contributed by atoms with E-state index in [1.165, 1.54) is 0 Å². The standard InChI is InChI=1S/C16H18N4O2/c17-15(21)11-22-14-8-4-5-12(9-14)10-19-16(18)20-13-6-2-1-3-7-13/h1-9H,10-11H2,(H2,17,21)(H3,18,19,20). The molecular weight excluding hydrogens is 280 g/mol. The van der Waals surface area contributed by atoms with Crippen molar-refractivity contribution in [2.45, 2.75) is 6.54 Å². The molecule has 0 radical (unpaired) electrons. The van der Waals surface area contributed by atoms with E-state index in [2.05, 4.69) is 10.3 Å². The number of anilines is 1. The van der Waals surface area contributed by atoms with Crippen molar-refractivity contribution < 1.29 is 9.53 Å². The number of primary amides is 1. The average molecular weight is 298 g/mol. The molecule has 0 saturated carbocycles. The van der Waals surface area contributed by atoms with Crippen LogP contribution in [0, 0.1) is 0 Å². The van der Waals surface area contributed by atoms with Gasteiger partial charge in [-0.1, -0.05) is 30.3 Å². The van der Waals surface area contributed by atoms with E-state index in [-0.39, 0.29) is 6.61 Å². The maximum Gasteiger partial charge on any atom is 0.255 e. The summed E-state index contributed by atoms with van der Waals surface area (Å²) < 4.78 is 5.24. The Labute approximate surface area is 128 Å². The summed E-state index contributed by atoms with van der Waals surface area (Å²) in [6.45, 7) is 0.254. The predicted octanol–water partition coefficient (Wildman–Crippen LogP) is 1.48. The van der Waals surface area contributed by atoms with E-state index in [0.29, 0.717) is 18.3 Å². The first-order valence-corrected chi connectivity index (χ1v) is 6.75. The van der Waals surface area contributed by atoms with Crippen molar-refractivity contribution in [2.24, 2.45) is 16.5 Å². The third kappa shape index (κ3) is 5.16. The van der Waals surface area contributed by atoms with Crippen molar-refractivity contribution in [3.05, 3.63) is 60.2 Å². The Balaban J connectivity index is 1.94. The van der Waals surface area contributed by atoms with Crippen LogP contribution in [0.15, 0.2) is 59.6 Å². The van der Waals surface area contributed by atoms with Gasteiger partial charge in [-0.2, -0.15) is 0 Å². The molecule has 22 heavy (non-hydrogen) atoms. The van der Waals surface area contributed by atoms with E-state index in [1.54, 1.807) is 12.1 Å². The summed E-state index contributed by atoms with van der Waals surface area (Å²) in [4.78, 5) is 15.0. The van der Waals surface area contributed by atoms with Gasteiger partial charge in [0.05, 0.1) is 6.54 Å². The van der Waals surface area contributed by atoms with Crippen LogP contribution in [0.2, 0.25) is 0 Å². The second-order valence-electron chi connectivity index (χ2n) is 4.59. The van der Waals surface area contributed by atoms with Gasteiger partial charge in [-0.25, -0.2) is 4.99 Å². The van der Waals surface area contributed by atoms with Crippen LogP contribution in [-0.4, -0.2) is 18.5 Å². The van der Waals surface area contributed by atoms with Gasteiger partial charge >= 0.3 is 0 Å². The molecule has 0 unspecified atom stereocenters. The van der Waals surface area contributed by atoms with Gasteiger partial charge in [0.1, 0.15) is 5.75 Å². The zero-order valence-electron chi connectivity index (χ0n) is 12.0. The quantitative estimate of drug-likeness (QED) is 0.555. The van der Waals surface area contributed by atoms with Crippen LogP contribution in [0.3, 0.4) is 0 Å². The molecule has 0 aliphatic rings. The van der Waals surface area contributed by atoms with Crippen molar-refractivity contribution in [1.29, 1.82) is 0 Å². The topological polar surface area (TPSA) is 103 Å². The molecule has 0 heterocycles. The Morgan fingerprint density at radius 1 is 1.09 bits per heavy atom. The average Bonchev–Trinajstić information content (AvgIpc) is 2.52. The van der Waals surface area contributed by atoms with Gasteiger partial charge in [-0.05, 0) is 29.8 Å². The molecule has 1 amide bonds. The first-order valence-electron chi connectivity index (χ1n) is 6.75. The number of nitrogens with zero attached hydrogens (tertiary/aromatic N) is 1. The maximum atomic E-state index is 10.7. The number of para-hydroxylation sites is 1. The largest absolute Gasteiger partial charge is 0.484 e. The van der Waals surface area contributed by atoms with E-state index >= 15 is 0 Å². The SMILES string of the molecule is NC(=O)COc1cccc(CN=C(N)Nc2ccccc2)c1. The predicted molar refractivity (Wildman–Crippen MR) is 86.5 cm³/mol. The fourth-order valence-electron chi connectivity index (χ4n) is 1.77. The summed E-state index contributed by atoms with van der Waals surface area (Å²) >= 11 is 0. The summed E-state index contributed by atoms with van der Waals surface area (Å²) in [5, 5.41) is 3.00. The van der Waals surface area contributed by atoms with Crippen LogP contribution >= 0.6 is 0 Å². The number of aliphatic imine (C=N–C) groups is 1. The molecule has 0 aromatic heterocycles. The van der Waals surface area contributed by atoms with Crippen molar-refractivity contribution in [3.8, 4) is 5.75 Å². The molecule has 6 nitrogen and oxygen atoms in total. The molecule has 0 fully saturated rings. The molecule has 0 atom stereocenters. The number of benzene rings is 2. The monoisotopic (exact) mass is 298 g/mol. The zero-order chi connectivity index (χ0) is 15.8. The minimum Gasteiger partial charge on any atom is -0.484 e. The Bertz CT molecular complexity index is 656. The molecule has 5 N–H and O–H groups in total. The fraction of sp³-hybridized carbons (Fsp3) is 0.125. The minimum atomic E-state index is -0.514. The van der Waals surface area contributed by atoms with Crippen molar-refractivity contribution in [1.82, 2.24) is 0 Å². The molecule has 0 aliphatic carbocycles. The lowest BCUT2D eigenvalue weighted by Crippen LogP contribution is -2.22. The zero-order valence-corrected chi connectivity index (χ0v) is 12.0. The Hall–Kier alpha value is -3.02. The first kappa shape index (κ1) is 15.4. The summed E-state index contributed by atoms with van der Waals surface area (Å²) in [6, 6.07) is 16.8. The van der Waals surface area contributed by atoms with Crippen molar-refractivity contribution in [3.63, 3.8) is 0 Å². The van der Waals surface area contributed by atoms with Gasteiger partial charge in [-0.3, -0.25) is 4.79 Å². The van der Waals surface area contributed by atoms with Gasteiger partial charge in [-0.15, -0.1) is 0 Å². The molecule has 2 aromatic rings. The first-order chi connectivity index (χ1) is 10.6. The molecule has 0 aliphatic heterocycles. The van der Waals surface area contributed by atoms with Gasteiger partial charge in [0.15, 0.2) is 12.6 Å². The van der Waals surface area contributed by atoms with Crippen LogP contribution in [0.4, 0.5) is 5.69 Å². The second kappa shape index (κ2) is 7.68. The Kier molecular flexibility index (Phi) is 5.37. The molecule has 2 aromatic carbocycles. The lowest BCUT2D eigenvalue weighted by Gasteiger charge is -2.07. The van der Waals surface area contributed by atoms with Crippen LogP contribution in [0.5, 0.6) is 5.75 Å². The van der Waals surface area contributed by atoms with Gasteiger partial charge in [0.25, 0.3) is 5.91 Å². The molecule has 0 spiro atoms. The lowest BCUT2D eigenvalue weighted by molar-refractivity contribution is -0.119. The van der Waals surface area contributed by atoms with Crippen LogP contribution in [-0.2, 0) is 11.3 Å². The molecule has 114 valence electrons. The normalized spacial score (nSPS) is 11.0. The number of nitrogens with one attached hydrogen (secondary N) is 1. The number of hydrogen-bond donors (Lipinski definition) is 3. The summed E-state index contributed by atoms with van der Waals surface area (Å²) in [7, 11) is 0. The Morgan fingerprint density at radius 2 is 1.86 bits per heavy atom. The highest BCUT2D eigenvalue weighted by Gasteiger charge is 2.00. The third-order valence-corrected chi connectivity index (χ3v) is 2.76. The number of guanidine groups is 1. The number of ether oxygens (including phenoxy) is 1. The third-order valence-electron chi connectivity index (χ3n) is 2.76. The number of rotatable bonds is 6. The fourth-order valence-corrected chi connectivity index (χ4v) is 1.77. The van der Waals surface area contributed by atoms with E-state index in [4.69, 9.17) is 16.2 Å². The number of carbonyl (C=O) groups excluding carboxylic acids is 1. The summed E-state index contributed by atoms with van der Waals surface area (Å²) in [5.74, 6) is 0.385. The van der Waals surface area contributed by atoms with Crippen molar-refractivity contribution in [2.75, 3.05) is 11.9 Å². The molecule has 6 heteroatoms. The summed E-state index contributed by atoms with van der Waals surface area (Å²) in [5.41, 5.74) is 12.7. The number of amides is 1.